The summed E-state index contributed by atoms with van der Waals surface area (Å²) in [6.07, 6.45) is 6.71. The van der Waals surface area contributed by atoms with Gasteiger partial charge in [-0.05, 0) is 42.7 Å². The lowest BCUT2D eigenvalue weighted by Gasteiger charge is -2.27. The van der Waals surface area contributed by atoms with Crippen LogP contribution in [0.1, 0.15) is 63.0 Å². The van der Waals surface area contributed by atoms with Gasteiger partial charge in [-0.1, -0.05) is 44.0 Å². The average Bonchev–Trinajstić information content (AvgIpc) is 2.96. The van der Waals surface area contributed by atoms with E-state index in [1.54, 1.807) is 6.92 Å². The van der Waals surface area contributed by atoms with Crippen molar-refractivity contribution in [2.75, 3.05) is 6.54 Å². The number of hydrogen-bond donors (Lipinski definition) is 2. The van der Waals surface area contributed by atoms with Crippen LogP contribution in [-0.2, 0) is 11.3 Å². The fourth-order valence-corrected chi connectivity index (χ4v) is 3.32. The van der Waals surface area contributed by atoms with Gasteiger partial charge in [0.1, 0.15) is 0 Å². The Bertz CT molecular complexity index is 461. The van der Waals surface area contributed by atoms with Crippen LogP contribution in [0.5, 0.6) is 0 Å². The van der Waals surface area contributed by atoms with Crippen LogP contribution in [0.4, 0.5) is 0 Å². The van der Waals surface area contributed by atoms with Crippen molar-refractivity contribution in [2.45, 2.75) is 58.4 Å². The van der Waals surface area contributed by atoms with E-state index in [0.29, 0.717) is 5.41 Å². The number of rotatable bonds is 7. The van der Waals surface area contributed by atoms with Crippen LogP contribution in [0.25, 0.3) is 0 Å². The Hall–Kier alpha value is -1.35. The molecule has 116 valence electrons. The van der Waals surface area contributed by atoms with E-state index in [9.17, 15) is 4.79 Å². The second kappa shape index (κ2) is 7.08. The van der Waals surface area contributed by atoms with Gasteiger partial charge in [0.2, 0.25) is 0 Å². The van der Waals surface area contributed by atoms with E-state index in [1.165, 1.54) is 37.7 Å². The highest BCUT2D eigenvalue weighted by Gasteiger charge is 2.31. The first-order valence-corrected chi connectivity index (χ1v) is 8.09. The number of benzene rings is 1. The number of carboxylic acid groups (broad SMARTS) is 1. The fourth-order valence-electron chi connectivity index (χ4n) is 3.32. The van der Waals surface area contributed by atoms with Crippen LogP contribution in [-0.4, -0.2) is 17.6 Å². The van der Waals surface area contributed by atoms with Gasteiger partial charge in [-0.2, -0.15) is 0 Å². The highest BCUT2D eigenvalue weighted by atomic mass is 16.4. The summed E-state index contributed by atoms with van der Waals surface area (Å²) < 4.78 is 0. The van der Waals surface area contributed by atoms with Crippen LogP contribution in [0.2, 0.25) is 0 Å². The number of nitrogens with one attached hydrogen (secondary N) is 1. The molecule has 0 spiro atoms. The van der Waals surface area contributed by atoms with Crippen molar-refractivity contribution in [3.05, 3.63) is 35.4 Å². The van der Waals surface area contributed by atoms with Crippen LogP contribution < -0.4 is 5.32 Å². The molecular formula is C18H27NO2. The summed E-state index contributed by atoms with van der Waals surface area (Å²) in [7, 11) is 0. The summed E-state index contributed by atoms with van der Waals surface area (Å²) >= 11 is 0. The molecule has 0 aliphatic heterocycles. The number of hydrogen-bond acceptors (Lipinski definition) is 2. The van der Waals surface area contributed by atoms with Crippen molar-refractivity contribution >= 4 is 5.97 Å². The molecule has 2 N–H and O–H groups in total. The van der Waals surface area contributed by atoms with Crippen molar-refractivity contribution in [2.24, 2.45) is 5.41 Å². The van der Waals surface area contributed by atoms with Gasteiger partial charge in [0.05, 0.1) is 5.92 Å². The van der Waals surface area contributed by atoms with Crippen LogP contribution in [0.3, 0.4) is 0 Å². The van der Waals surface area contributed by atoms with Crippen molar-refractivity contribution in [3.63, 3.8) is 0 Å². The first-order chi connectivity index (χ1) is 10.1. The zero-order chi connectivity index (χ0) is 15.3. The predicted octanol–water partition coefficient (Wildman–Crippen LogP) is 3.93. The van der Waals surface area contributed by atoms with Gasteiger partial charge in [-0.15, -0.1) is 0 Å². The third kappa shape index (κ3) is 4.07. The Labute approximate surface area is 127 Å². The minimum absolute atomic E-state index is 0.436. The molecule has 0 heterocycles. The van der Waals surface area contributed by atoms with Gasteiger partial charge in [0.15, 0.2) is 0 Å². The molecule has 0 bridgehead atoms. The number of carboxylic acids is 1. The molecule has 0 radical (unpaired) electrons. The predicted molar refractivity (Wildman–Crippen MR) is 85.4 cm³/mol. The Morgan fingerprint density at radius 1 is 1.29 bits per heavy atom. The normalized spacial score (nSPS) is 18.6. The topological polar surface area (TPSA) is 49.3 Å². The molecule has 3 heteroatoms. The smallest absolute Gasteiger partial charge is 0.310 e. The lowest BCUT2D eigenvalue weighted by molar-refractivity contribution is -0.138. The number of carbonyl (C=O) groups is 1. The molecule has 1 atom stereocenters. The summed E-state index contributed by atoms with van der Waals surface area (Å²) in [4.78, 5) is 11.0. The molecule has 0 aromatic heterocycles. The van der Waals surface area contributed by atoms with E-state index in [0.717, 1.165) is 18.7 Å². The maximum absolute atomic E-state index is 11.0. The molecule has 2 rings (SSSR count). The lowest BCUT2D eigenvalue weighted by Crippen LogP contribution is -2.31. The van der Waals surface area contributed by atoms with Gasteiger partial charge in [0.25, 0.3) is 0 Å². The third-order valence-corrected chi connectivity index (χ3v) is 5.09. The molecule has 3 nitrogen and oxygen atoms in total. The quantitative estimate of drug-likeness (QED) is 0.799. The minimum atomic E-state index is -0.771. The standard InChI is InChI=1S/C18H27NO2/c1-3-18(10-4-5-11-18)13-19-12-15-6-8-16(9-7-15)14(2)17(20)21/h6-9,14,19H,3-5,10-13H2,1-2H3,(H,20,21). The molecule has 21 heavy (non-hydrogen) atoms. The summed E-state index contributed by atoms with van der Waals surface area (Å²) in [5.74, 6) is -1.21. The first kappa shape index (κ1) is 16.0. The average molecular weight is 289 g/mol. The van der Waals surface area contributed by atoms with E-state index in [4.69, 9.17) is 5.11 Å². The van der Waals surface area contributed by atoms with Gasteiger partial charge in [-0.25, -0.2) is 0 Å². The zero-order valence-electron chi connectivity index (χ0n) is 13.2. The summed E-state index contributed by atoms with van der Waals surface area (Å²) in [6.45, 7) is 5.98. The summed E-state index contributed by atoms with van der Waals surface area (Å²) in [5.41, 5.74) is 2.60. The molecule has 1 fully saturated rings. The van der Waals surface area contributed by atoms with Crippen molar-refractivity contribution in [1.29, 1.82) is 0 Å². The van der Waals surface area contributed by atoms with Crippen molar-refractivity contribution < 1.29 is 9.90 Å². The molecule has 1 aromatic rings. The second-order valence-corrected chi connectivity index (χ2v) is 6.47. The monoisotopic (exact) mass is 289 g/mol. The Morgan fingerprint density at radius 2 is 1.90 bits per heavy atom. The maximum atomic E-state index is 11.0. The molecular weight excluding hydrogens is 262 g/mol. The fraction of sp³-hybridized carbons (Fsp3) is 0.611. The van der Waals surface area contributed by atoms with Crippen molar-refractivity contribution in [1.82, 2.24) is 5.32 Å². The molecule has 1 aromatic carbocycles. The maximum Gasteiger partial charge on any atom is 0.310 e. The SMILES string of the molecule is CCC1(CNCc2ccc(C(C)C(=O)O)cc2)CCCC1. The molecule has 1 aliphatic carbocycles. The van der Waals surface area contributed by atoms with Crippen LogP contribution in [0.15, 0.2) is 24.3 Å². The largest absolute Gasteiger partial charge is 0.481 e. The first-order valence-electron chi connectivity index (χ1n) is 8.09. The van der Waals surface area contributed by atoms with Crippen LogP contribution >= 0.6 is 0 Å². The molecule has 1 unspecified atom stereocenters. The molecule has 1 aliphatic rings. The van der Waals surface area contributed by atoms with E-state index >= 15 is 0 Å². The van der Waals surface area contributed by atoms with E-state index in [1.807, 2.05) is 24.3 Å². The summed E-state index contributed by atoms with van der Waals surface area (Å²) in [6, 6.07) is 7.94. The van der Waals surface area contributed by atoms with E-state index < -0.39 is 11.9 Å². The van der Waals surface area contributed by atoms with Gasteiger partial charge < -0.3 is 10.4 Å². The second-order valence-electron chi connectivity index (χ2n) is 6.47. The summed E-state index contributed by atoms with van der Waals surface area (Å²) in [5, 5.41) is 12.6. The minimum Gasteiger partial charge on any atom is -0.481 e. The lowest BCUT2D eigenvalue weighted by atomic mass is 9.83. The number of aliphatic carboxylic acids is 1. The van der Waals surface area contributed by atoms with Crippen LogP contribution in [0, 0.1) is 5.41 Å². The highest BCUT2D eigenvalue weighted by molar-refractivity contribution is 5.75. The van der Waals surface area contributed by atoms with Crippen molar-refractivity contribution in [3.8, 4) is 0 Å². The zero-order valence-corrected chi connectivity index (χ0v) is 13.2. The molecule has 0 amide bonds. The van der Waals surface area contributed by atoms with Gasteiger partial charge >= 0.3 is 5.97 Å². The third-order valence-electron chi connectivity index (χ3n) is 5.09. The van der Waals surface area contributed by atoms with E-state index in [2.05, 4.69) is 12.2 Å². The Balaban J connectivity index is 1.85. The molecule has 1 saturated carbocycles. The van der Waals surface area contributed by atoms with Gasteiger partial charge in [0, 0.05) is 13.1 Å². The van der Waals surface area contributed by atoms with E-state index in [-0.39, 0.29) is 0 Å². The Kier molecular flexibility index (Phi) is 5.40. The highest BCUT2D eigenvalue weighted by Crippen LogP contribution is 2.40. The molecule has 0 saturated heterocycles. The Morgan fingerprint density at radius 3 is 2.43 bits per heavy atom. The van der Waals surface area contributed by atoms with Gasteiger partial charge in [-0.3, -0.25) is 4.79 Å².